The van der Waals surface area contributed by atoms with Crippen molar-refractivity contribution in [1.82, 2.24) is 9.88 Å². The molecule has 2 fully saturated rings. The van der Waals surface area contributed by atoms with Gasteiger partial charge in [-0.15, -0.1) is 0 Å². The number of carbonyl (C=O) groups is 2. The normalized spacial score (nSPS) is 29.0. The van der Waals surface area contributed by atoms with Crippen LogP contribution in [0.4, 0.5) is 0 Å². The molecule has 128 valence electrons. The van der Waals surface area contributed by atoms with Crippen LogP contribution in [-0.4, -0.2) is 63.2 Å². The molecule has 3 heterocycles. The van der Waals surface area contributed by atoms with Crippen LogP contribution >= 0.6 is 0 Å². The van der Waals surface area contributed by atoms with Crippen molar-refractivity contribution >= 4 is 27.3 Å². The lowest BCUT2D eigenvalue weighted by molar-refractivity contribution is -0.152. The fraction of sp³-hybridized carbons (Fsp3) is 0.400. The second-order valence-electron chi connectivity index (χ2n) is 6.22. The molecule has 24 heavy (non-hydrogen) atoms. The van der Waals surface area contributed by atoms with E-state index < -0.39 is 44.5 Å². The number of hydrogen-bond donors (Lipinski definition) is 2. The van der Waals surface area contributed by atoms with Crippen molar-refractivity contribution in [2.45, 2.75) is 30.0 Å². The topological polar surface area (TPSA) is 125 Å². The Labute approximate surface area is 138 Å². The Morgan fingerprint density at radius 3 is 2.54 bits per heavy atom. The molecule has 0 radical (unpaired) electrons. The predicted molar refractivity (Wildman–Crippen MR) is 83.3 cm³/mol. The second kappa shape index (κ2) is 5.12. The van der Waals surface area contributed by atoms with Crippen molar-refractivity contribution in [3.63, 3.8) is 0 Å². The summed E-state index contributed by atoms with van der Waals surface area (Å²) >= 11 is 0. The first-order valence-electron chi connectivity index (χ1n) is 7.20. The van der Waals surface area contributed by atoms with Crippen LogP contribution in [-0.2, 0) is 19.4 Å². The molecular weight excluding hydrogens is 336 g/mol. The van der Waals surface area contributed by atoms with Gasteiger partial charge in [0.05, 0.1) is 17.9 Å². The summed E-state index contributed by atoms with van der Waals surface area (Å²) in [4.78, 5) is 28.9. The van der Waals surface area contributed by atoms with Crippen molar-refractivity contribution in [3.8, 4) is 0 Å². The van der Waals surface area contributed by atoms with Crippen molar-refractivity contribution in [2.24, 2.45) is 0 Å². The molecule has 2 atom stereocenters. The largest absolute Gasteiger partial charge is 0.480 e. The summed E-state index contributed by atoms with van der Waals surface area (Å²) in [5.41, 5.74) is 0.287. The number of aliphatic carboxylic acids is 1. The van der Waals surface area contributed by atoms with E-state index in [0.717, 1.165) is 4.90 Å². The number of amides is 1. The van der Waals surface area contributed by atoms with E-state index in [2.05, 4.69) is 4.98 Å². The van der Waals surface area contributed by atoms with E-state index in [-0.39, 0.29) is 16.8 Å². The zero-order valence-corrected chi connectivity index (χ0v) is 13.8. The Morgan fingerprint density at radius 1 is 1.38 bits per heavy atom. The fourth-order valence-electron chi connectivity index (χ4n) is 3.30. The minimum absolute atomic E-state index is 0.104. The third-order valence-corrected chi connectivity index (χ3v) is 7.36. The summed E-state index contributed by atoms with van der Waals surface area (Å²) in [5, 5.41) is 17.7. The molecule has 0 saturated carbocycles. The Kier molecular flexibility index (Phi) is 3.54. The second-order valence-corrected chi connectivity index (χ2v) is 8.81. The van der Waals surface area contributed by atoms with Gasteiger partial charge in [-0.3, -0.25) is 9.78 Å². The van der Waals surface area contributed by atoms with E-state index in [1.54, 1.807) is 18.2 Å². The van der Waals surface area contributed by atoms with Crippen LogP contribution < -0.4 is 0 Å². The first-order chi connectivity index (χ1) is 11.2. The number of fused-ring (bicyclic) bond motifs is 1. The molecule has 9 heteroatoms. The van der Waals surface area contributed by atoms with E-state index in [1.807, 2.05) is 0 Å². The van der Waals surface area contributed by atoms with Crippen LogP contribution in [0.2, 0.25) is 0 Å². The van der Waals surface area contributed by atoms with Gasteiger partial charge in [0.2, 0.25) is 0 Å². The van der Waals surface area contributed by atoms with Gasteiger partial charge in [0.1, 0.15) is 4.75 Å². The molecule has 2 aliphatic heterocycles. The maximum absolute atomic E-state index is 12.8. The molecule has 8 nitrogen and oxygen atoms in total. The molecule has 2 saturated heterocycles. The molecule has 0 spiro atoms. The number of aliphatic hydroxyl groups excluding tert-OH is 1. The summed E-state index contributed by atoms with van der Waals surface area (Å²) in [6.45, 7) is 2.02. The van der Waals surface area contributed by atoms with Crippen molar-refractivity contribution in [2.75, 3.05) is 6.61 Å². The van der Waals surface area contributed by atoms with E-state index in [9.17, 15) is 28.2 Å². The summed E-state index contributed by atoms with van der Waals surface area (Å²) < 4.78 is 24.0. The molecular formula is C15H16N2O6S. The molecule has 0 unspecified atom stereocenters. The Bertz CT molecular complexity index is 859. The Morgan fingerprint density at radius 2 is 2.04 bits per heavy atom. The summed E-state index contributed by atoms with van der Waals surface area (Å²) in [7, 11) is -3.98. The van der Waals surface area contributed by atoms with Gasteiger partial charge < -0.3 is 15.1 Å². The minimum Gasteiger partial charge on any atom is -0.480 e. The maximum atomic E-state index is 12.8. The summed E-state index contributed by atoms with van der Waals surface area (Å²) in [5.74, 6) is -2.07. The zero-order valence-electron chi connectivity index (χ0n) is 13.0. The van der Waals surface area contributed by atoms with Gasteiger partial charge in [-0.2, -0.15) is 0 Å². The number of sulfone groups is 1. The van der Waals surface area contributed by atoms with Gasteiger partial charge in [-0.05, 0) is 26.0 Å². The monoisotopic (exact) mass is 352 g/mol. The average Bonchev–Trinajstić information content (AvgIpc) is 2.67. The number of nitrogens with zero attached hydrogens (tertiary/aromatic N) is 2. The SMILES string of the molecule is CC1(C)[C@H](C(=O)O)N2C(=O)/C(=C(\CO)c3ccccn3)[C@H]2S1(=O)=O. The highest BCUT2D eigenvalue weighted by Gasteiger charge is 2.70. The van der Waals surface area contributed by atoms with Gasteiger partial charge in [-0.1, -0.05) is 6.07 Å². The lowest BCUT2D eigenvalue weighted by Crippen LogP contribution is -2.59. The quantitative estimate of drug-likeness (QED) is 0.563. The molecule has 0 aromatic carbocycles. The first-order valence-corrected chi connectivity index (χ1v) is 8.75. The summed E-state index contributed by atoms with van der Waals surface area (Å²) in [6.07, 6.45) is 1.46. The molecule has 2 aliphatic rings. The number of hydrogen-bond acceptors (Lipinski definition) is 6. The van der Waals surface area contributed by atoms with Crippen LogP contribution in [0.25, 0.3) is 5.57 Å². The standard InChI is InChI=1S/C15H16N2O6S/c1-15(2)11(14(20)21)17-12(19)10(13(17)24(15,22)23)8(7-18)9-5-3-4-6-16-9/h3-6,11,13,18H,7H2,1-2H3,(H,20,21)/b10-8-/t11-,13+/m0/s1. The van der Waals surface area contributed by atoms with Crippen LogP contribution in [0.3, 0.4) is 0 Å². The van der Waals surface area contributed by atoms with E-state index >= 15 is 0 Å². The van der Waals surface area contributed by atoms with Gasteiger partial charge in [0, 0.05) is 11.8 Å². The predicted octanol–water partition coefficient (Wildman–Crippen LogP) is -0.344. The number of aliphatic hydroxyl groups is 1. The first kappa shape index (κ1) is 16.6. The number of β-lactam (4-membered cyclic amide) rings is 1. The van der Waals surface area contributed by atoms with E-state index in [4.69, 9.17) is 0 Å². The lowest BCUT2D eigenvalue weighted by atomic mass is 9.92. The number of carbonyl (C=O) groups excluding carboxylic acids is 1. The zero-order chi connectivity index (χ0) is 17.9. The van der Waals surface area contributed by atoms with Gasteiger partial charge in [0.25, 0.3) is 5.91 Å². The molecule has 3 rings (SSSR count). The van der Waals surface area contributed by atoms with Crippen molar-refractivity contribution in [3.05, 3.63) is 35.7 Å². The third kappa shape index (κ3) is 1.88. The highest BCUT2D eigenvalue weighted by molar-refractivity contribution is 7.94. The number of carboxylic acid groups (broad SMARTS) is 1. The van der Waals surface area contributed by atoms with Crippen LogP contribution in [0.15, 0.2) is 30.0 Å². The van der Waals surface area contributed by atoms with Crippen LogP contribution in [0.1, 0.15) is 19.5 Å². The highest BCUT2D eigenvalue weighted by atomic mass is 32.2. The maximum Gasteiger partial charge on any atom is 0.328 e. The molecule has 0 bridgehead atoms. The van der Waals surface area contributed by atoms with E-state index in [1.165, 1.54) is 20.0 Å². The average molecular weight is 352 g/mol. The summed E-state index contributed by atoms with van der Waals surface area (Å²) in [6, 6.07) is 3.38. The highest BCUT2D eigenvalue weighted by Crippen LogP contribution is 2.50. The van der Waals surface area contributed by atoms with Crippen molar-refractivity contribution < 1.29 is 28.2 Å². The number of pyridine rings is 1. The van der Waals surface area contributed by atoms with Gasteiger partial charge in [-0.25, -0.2) is 13.2 Å². The molecule has 0 aliphatic carbocycles. The fourth-order valence-corrected chi connectivity index (χ4v) is 5.47. The molecule has 1 amide bonds. The third-order valence-electron chi connectivity index (χ3n) is 4.62. The van der Waals surface area contributed by atoms with Crippen LogP contribution in [0.5, 0.6) is 0 Å². The van der Waals surface area contributed by atoms with Gasteiger partial charge in [0.15, 0.2) is 21.3 Å². The van der Waals surface area contributed by atoms with Gasteiger partial charge >= 0.3 is 5.97 Å². The minimum atomic E-state index is -3.98. The lowest BCUT2D eigenvalue weighted by Gasteiger charge is -2.39. The van der Waals surface area contributed by atoms with Crippen molar-refractivity contribution in [1.29, 1.82) is 0 Å². The van der Waals surface area contributed by atoms with Crippen LogP contribution in [0, 0.1) is 0 Å². The molecule has 2 N–H and O–H groups in total. The number of aromatic nitrogens is 1. The number of rotatable bonds is 3. The van der Waals surface area contributed by atoms with E-state index in [0.29, 0.717) is 0 Å². The number of carboxylic acids is 1. The molecule has 1 aromatic heterocycles. The smallest absolute Gasteiger partial charge is 0.328 e. The Hall–Kier alpha value is -2.26. The Balaban J connectivity index is 2.21. The molecule has 1 aromatic rings.